The van der Waals surface area contributed by atoms with Crippen LogP contribution >= 0.6 is 0 Å². The molecule has 10 rings (SSSR count). The van der Waals surface area contributed by atoms with Crippen molar-refractivity contribution in [2.24, 2.45) is 5.73 Å². The lowest BCUT2D eigenvalue weighted by Crippen LogP contribution is -2.34. The molecule has 0 heterocycles. The molecule has 0 aromatic heterocycles. The molecular formula is C62H81N9O29S9. The minimum atomic E-state index is -4.29. The van der Waals surface area contributed by atoms with Gasteiger partial charge in [0, 0.05) is 52.4 Å². The molecule has 0 radical (unpaired) electrons. The summed E-state index contributed by atoms with van der Waals surface area (Å²) in [6.45, 7) is 2.05. The Kier molecular flexibility index (Phi) is 36.6. The third-order valence-corrected chi connectivity index (χ3v) is 21.5. The highest BCUT2D eigenvalue weighted by Crippen LogP contribution is 2.31. The molecule has 0 bridgehead atoms. The Hall–Kier alpha value is -9.19. The summed E-state index contributed by atoms with van der Waals surface area (Å²) < 4.78 is 273. The number of ether oxygens (including phenoxy) is 1. The molecule has 9 aromatic carbocycles. The van der Waals surface area contributed by atoms with E-state index in [1.165, 1.54) is 111 Å². The molecule has 9 aromatic rings. The van der Waals surface area contributed by atoms with Crippen LogP contribution in [0.25, 0.3) is 21.5 Å². The first-order valence-corrected chi connectivity index (χ1v) is 43.5. The number of nitrogens with two attached hydrogens (primary N) is 8. The third kappa shape index (κ3) is 35.4. The second-order valence-corrected chi connectivity index (χ2v) is 35.1. The van der Waals surface area contributed by atoms with Gasteiger partial charge in [-0.2, -0.15) is 75.8 Å². The number of rotatable bonds is 14. The molecule has 0 atom stereocenters. The Labute approximate surface area is 629 Å². The number of phenols is 1. The molecule has 47 heteroatoms. The third-order valence-electron chi connectivity index (χ3n) is 13.7. The molecular weight excluding hydrogens is 1620 g/mol. The van der Waals surface area contributed by atoms with E-state index in [0.29, 0.717) is 40.1 Å². The van der Waals surface area contributed by atoms with Crippen molar-refractivity contribution >= 4 is 152 Å². The van der Waals surface area contributed by atoms with Crippen LogP contribution in [0.15, 0.2) is 210 Å². The highest BCUT2D eigenvalue weighted by Gasteiger charge is 2.21. The fourth-order valence-corrected chi connectivity index (χ4v) is 13.9. The van der Waals surface area contributed by atoms with Gasteiger partial charge in [0.15, 0.2) is 0 Å². The van der Waals surface area contributed by atoms with Crippen molar-refractivity contribution in [3.05, 3.63) is 181 Å². The maximum absolute atomic E-state index is 11.1. The van der Waals surface area contributed by atoms with Crippen LogP contribution < -0.4 is 55.9 Å². The van der Waals surface area contributed by atoms with Crippen LogP contribution in [0.4, 0.5) is 39.8 Å². The second kappa shape index (κ2) is 41.6. The number of benzene rings is 9. The lowest BCUT2D eigenvalue weighted by atomic mass is 9.96. The van der Waals surface area contributed by atoms with E-state index in [2.05, 4.69) is 5.32 Å². The number of nitrogen functional groups attached to an aromatic ring is 7. The number of fused-ring (bicyclic) bond motifs is 2. The van der Waals surface area contributed by atoms with E-state index in [9.17, 15) is 75.8 Å². The lowest BCUT2D eigenvalue weighted by Gasteiger charge is -2.22. The maximum atomic E-state index is 11.1. The summed E-state index contributed by atoms with van der Waals surface area (Å²) in [7, 11) is -35.7. The van der Waals surface area contributed by atoms with Gasteiger partial charge in [-0.05, 0) is 134 Å². The first-order chi connectivity index (χ1) is 49.9. The number of methoxy groups -OCH3 is 1. The second-order valence-electron chi connectivity index (χ2n) is 22.2. The SMILES string of the molecule is COc1ccc(N)cc1S(=O)(=O)O.Cc1ccc(N)c(S(=O)(=O)O)c1.NCCS(=O)(=O)O.Nc1cc(S(=O)(=O)O)ccc1O.Nc1ccc(S(=O)(=O)O)c2ccccc12.Nc1ccc(S(=O)(=O)O)cc1.Nc1ccc2ccccc2c1S(=O)(=O)O.Nc1ccccc1S(=O)(=O)O.O=S(=O)(O)CCNC1CCCCC1. The van der Waals surface area contributed by atoms with E-state index in [4.69, 9.17) is 96.7 Å². The van der Waals surface area contributed by atoms with E-state index < -0.39 is 91.1 Å². The van der Waals surface area contributed by atoms with Crippen molar-refractivity contribution in [3.8, 4) is 11.5 Å². The first-order valence-electron chi connectivity index (χ1n) is 30.2. The van der Waals surface area contributed by atoms with Crippen LogP contribution in [0.5, 0.6) is 11.5 Å². The van der Waals surface area contributed by atoms with Gasteiger partial charge in [0.2, 0.25) is 0 Å². The summed E-state index contributed by atoms with van der Waals surface area (Å²) in [6.07, 6.45) is 6.00. The molecule has 0 aliphatic heterocycles. The number of aryl methyl sites for hydroxylation is 1. The lowest BCUT2D eigenvalue weighted by molar-refractivity contribution is 0.378. The zero-order valence-corrected chi connectivity index (χ0v) is 64.6. The zero-order valence-electron chi connectivity index (χ0n) is 57.2. The first kappa shape index (κ1) is 95.9. The highest BCUT2D eigenvalue weighted by molar-refractivity contribution is 7.88. The number of anilines is 7. The summed E-state index contributed by atoms with van der Waals surface area (Å²) in [4.78, 5) is -1.63. The van der Waals surface area contributed by atoms with Crippen molar-refractivity contribution in [1.29, 1.82) is 0 Å². The van der Waals surface area contributed by atoms with E-state index >= 15 is 0 Å². The van der Waals surface area contributed by atoms with Gasteiger partial charge in [-0.3, -0.25) is 41.0 Å². The van der Waals surface area contributed by atoms with Gasteiger partial charge >= 0.3 is 0 Å². The van der Waals surface area contributed by atoms with Crippen molar-refractivity contribution < 1.29 is 127 Å². The fourth-order valence-electron chi connectivity index (χ4n) is 8.72. The molecule has 0 spiro atoms. The van der Waals surface area contributed by atoms with Crippen LogP contribution in [0.2, 0.25) is 0 Å². The molecule has 27 N–H and O–H groups in total. The van der Waals surface area contributed by atoms with Gasteiger partial charge in [0.1, 0.15) is 36.0 Å². The van der Waals surface area contributed by atoms with Gasteiger partial charge in [-0.15, -0.1) is 0 Å². The normalized spacial score (nSPS) is 12.6. The van der Waals surface area contributed by atoms with Crippen LogP contribution in [-0.2, 0) is 91.1 Å². The molecule has 109 heavy (non-hydrogen) atoms. The molecule has 0 saturated heterocycles. The van der Waals surface area contributed by atoms with Crippen molar-refractivity contribution in [1.82, 2.24) is 5.32 Å². The summed E-state index contributed by atoms with van der Waals surface area (Å²) in [5.41, 5.74) is 44.4. The van der Waals surface area contributed by atoms with Crippen LogP contribution in [0.3, 0.4) is 0 Å². The minimum Gasteiger partial charge on any atom is -0.506 e. The molecule has 0 amide bonds. The number of hydrogen-bond donors (Lipinski definition) is 19. The average Bonchev–Trinajstić information content (AvgIpc) is 0.788. The van der Waals surface area contributed by atoms with Crippen molar-refractivity contribution in [2.45, 2.75) is 79.3 Å². The fraction of sp³-hybridized carbons (Fsp3) is 0.194. The van der Waals surface area contributed by atoms with Crippen molar-refractivity contribution in [2.75, 3.05) is 71.8 Å². The number of aromatic hydroxyl groups is 1. The van der Waals surface area contributed by atoms with E-state index in [0.717, 1.165) is 48.1 Å². The smallest absolute Gasteiger partial charge is 0.298 e. The molecule has 1 aliphatic rings. The Bertz CT molecular complexity index is 5670. The largest absolute Gasteiger partial charge is 0.506 e. The van der Waals surface area contributed by atoms with Crippen LogP contribution in [0.1, 0.15) is 37.7 Å². The Morgan fingerprint density at radius 1 is 0.385 bits per heavy atom. The van der Waals surface area contributed by atoms with Crippen molar-refractivity contribution in [3.63, 3.8) is 0 Å². The Balaban J connectivity index is 0.000000419. The Morgan fingerprint density at radius 2 is 0.844 bits per heavy atom. The van der Waals surface area contributed by atoms with Gasteiger partial charge in [-0.25, -0.2) is 0 Å². The van der Waals surface area contributed by atoms with E-state index in [-0.39, 0.29) is 92.3 Å². The summed E-state index contributed by atoms with van der Waals surface area (Å²) in [6, 6.07) is 42.5. The molecule has 38 nitrogen and oxygen atoms in total. The van der Waals surface area contributed by atoms with Gasteiger partial charge in [0.05, 0.1) is 51.2 Å². The van der Waals surface area contributed by atoms with Crippen LogP contribution in [-0.4, -0.2) is 160 Å². The Morgan fingerprint density at radius 3 is 1.29 bits per heavy atom. The quantitative estimate of drug-likeness (QED) is 0.0359. The highest BCUT2D eigenvalue weighted by atomic mass is 32.3. The van der Waals surface area contributed by atoms with E-state index in [1.54, 1.807) is 73.7 Å². The van der Waals surface area contributed by atoms with E-state index in [1.807, 2.05) is 0 Å². The van der Waals surface area contributed by atoms with Gasteiger partial charge in [-0.1, -0.05) is 92.1 Å². The number of hydrogen-bond acceptors (Lipinski definition) is 29. The number of phenolic OH excluding ortho intramolecular Hbond substituents is 1. The number of para-hydroxylation sites is 1. The predicted octanol–water partition coefficient (Wildman–Crippen LogP) is 5.57. The predicted molar refractivity (Wildman–Crippen MR) is 409 cm³/mol. The van der Waals surface area contributed by atoms with Crippen LogP contribution in [0, 0.1) is 6.92 Å². The molecule has 0 unspecified atom stereocenters. The van der Waals surface area contributed by atoms with Gasteiger partial charge in [0.25, 0.3) is 91.1 Å². The summed E-state index contributed by atoms with van der Waals surface area (Å²) in [5, 5.41) is 14.2. The standard InChI is InChI=1S/2C10H9NO3S.C8H17NO3S.C7H9NO4S.C7H9NO3S.C6H7NO4S.2C6H7NO3S.C2H7NO3S/c11-9-5-6-10(15(12,13)14)8-4-2-1-3-7(8)9;11-9-6-5-7-3-1-2-4-8(7)10(9)15(12,13)14;10-13(11,12)7-6-9-8-4-2-1-3-5-8;1-12-6-3-2-5(8)4-7(6)13(9,10)11;1-5-2-3-6(8)7(4-5)12(9,10)11;7-5-3-4(12(9,10)11)1-2-6(5)8;7-5-1-3-6(4-2-5)11(8,9)10;7-5-3-1-2-4-6(5)11(8,9)10;3-1-2-7(4,5)6/h2*1-6H,11H2,(H,12,13,14);8-9H,1-7H2,(H,10,11,12);2-4H,8H2,1H3,(H,9,10,11);2-4H,8H2,1H3,(H,9,10,11);1-3,8H,7H2,(H,9,10,11);2*1-4H,7H2,(H,8,9,10);1-3H2,(H,4,5,6). The summed E-state index contributed by atoms with van der Waals surface area (Å²) in [5.74, 6) is -0.685. The monoisotopic (exact) mass is 1700 g/mol. The summed E-state index contributed by atoms with van der Waals surface area (Å²) >= 11 is 0. The molecule has 1 aliphatic carbocycles. The molecule has 1 fully saturated rings. The molecule has 602 valence electrons. The number of nitrogens with one attached hydrogen (secondary N) is 1. The van der Waals surface area contributed by atoms with Gasteiger partial charge < -0.3 is 61.0 Å². The topological polar surface area (TPSA) is 739 Å². The maximum Gasteiger partial charge on any atom is 0.298 e. The minimum absolute atomic E-state index is 0.0289. The zero-order chi connectivity index (χ0) is 83.5. The molecule has 1 saturated carbocycles. The average molecular weight is 1700 g/mol.